The molecule has 0 atom stereocenters. The Kier molecular flexibility index (Phi) is 5.88. The molecule has 2 aliphatic carbocycles. The third kappa shape index (κ3) is 4.00. The Morgan fingerprint density at radius 2 is 1.00 bits per heavy atom. The molecule has 0 N–H and O–H groups in total. The normalized spacial score (nSPS) is 25.8. The highest BCUT2D eigenvalue weighted by Gasteiger charge is 2.28. The standard InChI is InChI=1S/C17H32/c1-2-17(15-11-7-3-4-8-12-15)16-13-9-5-6-10-14-16/h15-17H,2-14H2,1H3. The molecule has 2 saturated carbocycles. The summed E-state index contributed by atoms with van der Waals surface area (Å²) in [7, 11) is 0. The quantitative estimate of drug-likeness (QED) is 0.531. The molecule has 100 valence electrons. The van der Waals surface area contributed by atoms with Crippen LogP contribution in [-0.2, 0) is 0 Å². The van der Waals surface area contributed by atoms with E-state index in [2.05, 4.69) is 6.92 Å². The maximum Gasteiger partial charge on any atom is -0.0360 e. The van der Waals surface area contributed by atoms with Gasteiger partial charge in [-0.3, -0.25) is 0 Å². The first kappa shape index (κ1) is 13.4. The van der Waals surface area contributed by atoms with Crippen LogP contribution in [0.25, 0.3) is 0 Å². The van der Waals surface area contributed by atoms with Crippen LogP contribution < -0.4 is 0 Å². The Labute approximate surface area is 109 Å². The van der Waals surface area contributed by atoms with Crippen LogP contribution in [0.1, 0.15) is 90.4 Å². The monoisotopic (exact) mass is 236 g/mol. The molecule has 0 unspecified atom stereocenters. The van der Waals surface area contributed by atoms with Crippen molar-refractivity contribution in [3.05, 3.63) is 0 Å². The Hall–Kier alpha value is 0. The molecule has 2 aliphatic rings. The van der Waals surface area contributed by atoms with E-state index in [0.717, 1.165) is 17.8 Å². The molecule has 0 bridgehead atoms. The summed E-state index contributed by atoms with van der Waals surface area (Å²) in [5.74, 6) is 3.25. The molecule has 0 saturated heterocycles. The van der Waals surface area contributed by atoms with Crippen molar-refractivity contribution in [2.45, 2.75) is 90.4 Å². The second-order valence-electron chi connectivity index (χ2n) is 6.58. The Balaban J connectivity index is 1.92. The largest absolute Gasteiger partial charge is 0.0651 e. The Morgan fingerprint density at radius 3 is 1.29 bits per heavy atom. The van der Waals surface area contributed by atoms with E-state index in [1.54, 1.807) is 25.7 Å². The summed E-state index contributed by atoms with van der Waals surface area (Å²) in [5, 5.41) is 0. The van der Waals surface area contributed by atoms with Crippen LogP contribution in [0, 0.1) is 17.8 Å². The lowest BCUT2D eigenvalue weighted by Gasteiger charge is -2.32. The van der Waals surface area contributed by atoms with Crippen molar-refractivity contribution in [2.75, 3.05) is 0 Å². The average molecular weight is 236 g/mol. The van der Waals surface area contributed by atoms with Gasteiger partial charge in [0.05, 0.1) is 0 Å². The molecule has 2 rings (SSSR count). The van der Waals surface area contributed by atoms with Gasteiger partial charge in [0.15, 0.2) is 0 Å². The lowest BCUT2D eigenvalue weighted by atomic mass is 9.73. The van der Waals surface area contributed by atoms with Crippen LogP contribution >= 0.6 is 0 Å². The molecule has 0 aliphatic heterocycles. The highest BCUT2D eigenvalue weighted by molar-refractivity contribution is 4.79. The van der Waals surface area contributed by atoms with E-state index >= 15 is 0 Å². The summed E-state index contributed by atoms with van der Waals surface area (Å²) in [5.41, 5.74) is 0. The average Bonchev–Trinajstić information content (AvgIpc) is 2.75. The van der Waals surface area contributed by atoms with Gasteiger partial charge in [-0.2, -0.15) is 0 Å². The second-order valence-corrected chi connectivity index (χ2v) is 6.58. The minimum atomic E-state index is 1.08. The topological polar surface area (TPSA) is 0 Å². The van der Waals surface area contributed by atoms with Gasteiger partial charge >= 0.3 is 0 Å². The van der Waals surface area contributed by atoms with Gasteiger partial charge in [0.1, 0.15) is 0 Å². The summed E-state index contributed by atoms with van der Waals surface area (Å²) in [4.78, 5) is 0. The SMILES string of the molecule is CCC(C1CCCCCC1)C1CCCCCC1. The van der Waals surface area contributed by atoms with Gasteiger partial charge in [0.25, 0.3) is 0 Å². The summed E-state index contributed by atoms with van der Waals surface area (Å²) in [6, 6.07) is 0. The van der Waals surface area contributed by atoms with Gasteiger partial charge in [0.2, 0.25) is 0 Å². The third-order valence-corrected chi connectivity index (χ3v) is 5.48. The molecule has 0 nitrogen and oxygen atoms in total. The van der Waals surface area contributed by atoms with Gasteiger partial charge < -0.3 is 0 Å². The molecule has 0 heteroatoms. The molecule has 0 heterocycles. The lowest BCUT2D eigenvalue weighted by Crippen LogP contribution is -2.23. The summed E-state index contributed by atoms with van der Waals surface area (Å²) < 4.78 is 0. The van der Waals surface area contributed by atoms with Gasteiger partial charge in [0, 0.05) is 0 Å². The van der Waals surface area contributed by atoms with E-state index in [0.29, 0.717) is 0 Å². The highest BCUT2D eigenvalue weighted by atomic mass is 14.3. The number of hydrogen-bond acceptors (Lipinski definition) is 0. The number of hydrogen-bond donors (Lipinski definition) is 0. The molecule has 2 fully saturated rings. The van der Waals surface area contributed by atoms with Crippen molar-refractivity contribution in [3.8, 4) is 0 Å². The zero-order valence-electron chi connectivity index (χ0n) is 11.9. The maximum atomic E-state index is 2.46. The first-order valence-corrected chi connectivity index (χ1v) is 8.42. The lowest BCUT2D eigenvalue weighted by molar-refractivity contribution is 0.181. The van der Waals surface area contributed by atoms with E-state index < -0.39 is 0 Å². The molecule has 0 radical (unpaired) electrons. The zero-order valence-corrected chi connectivity index (χ0v) is 11.9. The van der Waals surface area contributed by atoms with E-state index in [-0.39, 0.29) is 0 Å². The number of rotatable bonds is 3. The third-order valence-electron chi connectivity index (χ3n) is 5.48. The van der Waals surface area contributed by atoms with Crippen molar-refractivity contribution < 1.29 is 0 Å². The fraction of sp³-hybridized carbons (Fsp3) is 1.00. The second kappa shape index (κ2) is 7.44. The van der Waals surface area contributed by atoms with Crippen molar-refractivity contribution in [2.24, 2.45) is 17.8 Å². The minimum Gasteiger partial charge on any atom is -0.0651 e. The van der Waals surface area contributed by atoms with Gasteiger partial charge in [-0.25, -0.2) is 0 Å². The molecular weight excluding hydrogens is 204 g/mol. The van der Waals surface area contributed by atoms with Crippen molar-refractivity contribution in [1.29, 1.82) is 0 Å². The van der Waals surface area contributed by atoms with Gasteiger partial charge in [-0.1, -0.05) is 90.4 Å². The van der Waals surface area contributed by atoms with Crippen LogP contribution in [0.2, 0.25) is 0 Å². The molecule has 17 heavy (non-hydrogen) atoms. The first-order valence-electron chi connectivity index (χ1n) is 8.42. The first-order chi connectivity index (χ1) is 8.42. The van der Waals surface area contributed by atoms with Crippen molar-refractivity contribution >= 4 is 0 Å². The molecular formula is C17H32. The molecule has 0 spiro atoms. The van der Waals surface area contributed by atoms with E-state index in [9.17, 15) is 0 Å². The van der Waals surface area contributed by atoms with Crippen molar-refractivity contribution in [1.82, 2.24) is 0 Å². The zero-order chi connectivity index (χ0) is 11.9. The fourth-order valence-electron chi connectivity index (χ4n) is 4.53. The highest BCUT2D eigenvalue weighted by Crippen LogP contribution is 2.40. The Bertz CT molecular complexity index is 160. The van der Waals surface area contributed by atoms with Crippen LogP contribution in [0.5, 0.6) is 0 Å². The van der Waals surface area contributed by atoms with Gasteiger partial charge in [-0.15, -0.1) is 0 Å². The summed E-state index contributed by atoms with van der Waals surface area (Å²) in [6.45, 7) is 2.46. The van der Waals surface area contributed by atoms with E-state index in [1.807, 2.05) is 0 Å². The predicted molar refractivity (Wildman–Crippen MR) is 76.2 cm³/mol. The van der Waals surface area contributed by atoms with Crippen LogP contribution in [0.3, 0.4) is 0 Å². The van der Waals surface area contributed by atoms with E-state index in [1.165, 1.54) is 57.8 Å². The molecule has 0 aromatic rings. The summed E-state index contributed by atoms with van der Waals surface area (Å²) in [6.07, 6.45) is 19.8. The van der Waals surface area contributed by atoms with Gasteiger partial charge in [-0.05, 0) is 17.8 Å². The smallest absolute Gasteiger partial charge is 0.0360 e. The van der Waals surface area contributed by atoms with Crippen molar-refractivity contribution in [3.63, 3.8) is 0 Å². The van der Waals surface area contributed by atoms with Crippen LogP contribution in [-0.4, -0.2) is 0 Å². The Morgan fingerprint density at radius 1 is 0.647 bits per heavy atom. The van der Waals surface area contributed by atoms with E-state index in [4.69, 9.17) is 0 Å². The van der Waals surface area contributed by atoms with Crippen LogP contribution in [0.4, 0.5) is 0 Å². The minimum absolute atomic E-state index is 1.08. The molecule has 0 aromatic carbocycles. The molecule has 0 amide bonds. The summed E-state index contributed by atoms with van der Waals surface area (Å²) >= 11 is 0. The van der Waals surface area contributed by atoms with Crippen LogP contribution in [0.15, 0.2) is 0 Å². The fourth-order valence-corrected chi connectivity index (χ4v) is 4.53. The predicted octanol–water partition coefficient (Wildman–Crippen LogP) is 5.95. The maximum absolute atomic E-state index is 2.46. The molecule has 0 aromatic heterocycles.